The van der Waals surface area contributed by atoms with Crippen molar-refractivity contribution in [3.05, 3.63) is 23.8 Å². The van der Waals surface area contributed by atoms with Crippen LogP contribution < -0.4 is 14.8 Å². The van der Waals surface area contributed by atoms with Gasteiger partial charge in [-0.25, -0.2) is 0 Å². The van der Waals surface area contributed by atoms with Gasteiger partial charge in [-0.3, -0.25) is 0 Å². The predicted octanol–water partition coefficient (Wildman–Crippen LogP) is 2.13. The Kier molecular flexibility index (Phi) is 3.11. The van der Waals surface area contributed by atoms with Crippen molar-refractivity contribution in [1.82, 2.24) is 5.32 Å². The van der Waals surface area contributed by atoms with E-state index in [2.05, 4.69) is 18.3 Å². The van der Waals surface area contributed by atoms with Crippen LogP contribution in [0.1, 0.15) is 24.9 Å². The molecule has 0 radical (unpaired) electrons. The van der Waals surface area contributed by atoms with Crippen LogP contribution in [0.4, 0.5) is 0 Å². The third kappa shape index (κ3) is 2.07. The van der Waals surface area contributed by atoms with Gasteiger partial charge in [0, 0.05) is 11.6 Å². The molecule has 3 heteroatoms. The number of ether oxygens (including phenoxy) is 2. The van der Waals surface area contributed by atoms with Crippen LogP contribution in [0.3, 0.4) is 0 Å². The van der Waals surface area contributed by atoms with Gasteiger partial charge in [0.25, 0.3) is 0 Å². The lowest BCUT2D eigenvalue weighted by atomic mass is 10.1. The molecular weight excluding hydrogens is 190 g/mol. The molecule has 1 atom stereocenters. The number of rotatable bonds is 4. The summed E-state index contributed by atoms with van der Waals surface area (Å²) < 4.78 is 11.1. The van der Waals surface area contributed by atoms with Crippen LogP contribution in [-0.2, 0) is 0 Å². The smallest absolute Gasteiger partial charge is 0.127 e. The number of fused-ring (bicyclic) bond motifs is 1. The SMILES string of the molecule is CCCOc1ccc2c(c1)OCC2NC. The van der Waals surface area contributed by atoms with Crippen LogP contribution in [0.2, 0.25) is 0 Å². The zero-order chi connectivity index (χ0) is 10.7. The Labute approximate surface area is 90.4 Å². The maximum Gasteiger partial charge on any atom is 0.127 e. The second-order valence-corrected chi connectivity index (χ2v) is 3.70. The van der Waals surface area contributed by atoms with Crippen molar-refractivity contribution in [2.45, 2.75) is 19.4 Å². The van der Waals surface area contributed by atoms with Crippen LogP contribution in [0.25, 0.3) is 0 Å². The highest BCUT2D eigenvalue weighted by Crippen LogP contribution is 2.34. The third-order valence-corrected chi connectivity index (χ3v) is 2.59. The van der Waals surface area contributed by atoms with Gasteiger partial charge in [-0.15, -0.1) is 0 Å². The Morgan fingerprint density at radius 1 is 1.53 bits per heavy atom. The molecule has 1 heterocycles. The first-order chi connectivity index (χ1) is 7.35. The van der Waals surface area contributed by atoms with Crippen LogP contribution in [0.5, 0.6) is 11.5 Å². The van der Waals surface area contributed by atoms with E-state index in [1.54, 1.807) is 0 Å². The molecule has 1 aromatic carbocycles. The number of benzene rings is 1. The molecule has 1 aromatic rings. The van der Waals surface area contributed by atoms with Crippen molar-refractivity contribution in [3.8, 4) is 11.5 Å². The molecule has 0 fully saturated rings. The highest BCUT2D eigenvalue weighted by Gasteiger charge is 2.22. The number of hydrogen-bond donors (Lipinski definition) is 1. The third-order valence-electron chi connectivity index (χ3n) is 2.59. The molecule has 0 bridgehead atoms. The van der Waals surface area contributed by atoms with E-state index in [-0.39, 0.29) is 0 Å². The second kappa shape index (κ2) is 4.53. The van der Waals surface area contributed by atoms with Crippen LogP contribution in [0, 0.1) is 0 Å². The maximum absolute atomic E-state index is 5.58. The van der Waals surface area contributed by atoms with Gasteiger partial charge in [-0.2, -0.15) is 0 Å². The van der Waals surface area contributed by atoms with Gasteiger partial charge in [0.1, 0.15) is 18.1 Å². The summed E-state index contributed by atoms with van der Waals surface area (Å²) >= 11 is 0. The van der Waals surface area contributed by atoms with Gasteiger partial charge < -0.3 is 14.8 Å². The zero-order valence-corrected chi connectivity index (χ0v) is 9.25. The fourth-order valence-electron chi connectivity index (χ4n) is 1.74. The fourth-order valence-corrected chi connectivity index (χ4v) is 1.74. The molecule has 1 aliphatic heterocycles. The standard InChI is InChI=1S/C12H17NO2/c1-3-6-14-9-4-5-10-11(13-2)8-15-12(10)7-9/h4-5,7,11,13H,3,6,8H2,1-2H3. The highest BCUT2D eigenvalue weighted by atomic mass is 16.5. The molecule has 3 nitrogen and oxygen atoms in total. The molecule has 0 saturated heterocycles. The van der Waals surface area contributed by atoms with E-state index in [0.29, 0.717) is 12.6 Å². The normalized spacial score (nSPS) is 18.4. The average Bonchev–Trinajstić information content (AvgIpc) is 2.68. The summed E-state index contributed by atoms with van der Waals surface area (Å²) in [6.45, 7) is 3.57. The predicted molar refractivity (Wildman–Crippen MR) is 59.5 cm³/mol. The fraction of sp³-hybridized carbons (Fsp3) is 0.500. The summed E-state index contributed by atoms with van der Waals surface area (Å²) in [7, 11) is 1.95. The lowest BCUT2D eigenvalue weighted by molar-refractivity contribution is 0.306. The molecule has 0 aliphatic carbocycles. The Balaban J connectivity index is 2.14. The Morgan fingerprint density at radius 3 is 3.13 bits per heavy atom. The second-order valence-electron chi connectivity index (χ2n) is 3.70. The van der Waals surface area contributed by atoms with Crippen LogP contribution >= 0.6 is 0 Å². The quantitative estimate of drug-likeness (QED) is 0.820. The van der Waals surface area contributed by atoms with E-state index in [0.717, 1.165) is 24.5 Å². The molecule has 82 valence electrons. The molecule has 1 aliphatic rings. The first-order valence-corrected chi connectivity index (χ1v) is 5.42. The highest BCUT2D eigenvalue weighted by molar-refractivity contribution is 5.44. The molecule has 0 spiro atoms. The van der Waals surface area contributed by atoms with Crippen molar-refractivity contribution < 1.29 is 9.47 Å². The minimum Gasteiger partial charge on any atom is -0.493 e. The number of hydrogen-bond acceptors (Lipinski definition) is 3. The van der Waals surface area contributed by atoms with Gasteiger partial charge in [0.15, 0.2) is 0 Å². The molecule has 0 amide bonds. The maximum atomic E-state index is 5.58. The minimum atomic E-state index is 0.320. The summed E-state index contributed by atoms with van der Waals surface area (Å²) in [5, 5.41) is 3.22. The minimum absolute atomic E-state index is 0.320. The van der Waals surface area contributed by atoms with Crippen molar-refractivity contribution >= 4 is 0 Å². The summed E-state index contributed by atoms with van der Waals surface area (Å²) in [4.78, 5) is 0. The van der Waals surface area contributed by atoms with Gasteiger partial charge in [-0.1, -0.05) is 6.92 Å². The van der Waals surface area contributed by atoms with E-state index in [1.807, 2.05) is 19.2 Å². The first kappa shape index (κ1) is 10.3. The van der Waals surface area contributed by atoms with Gasteiger partial charge in [0.2, 0.25) is 0 Å². The summed E-state index contributed by atoms with van der Waals surface area (Å²) in [6, 6.07) is 6.38. The number of nitrogens with one attached hydrogen (secondary N) is 1. The molecule has 2 rings (SSSR count). The lowest BCUT2D eigenvalue weighted by Gasteiger charge is -2.08. The number of likely N-dealkylation sites (N-methyl/N-ethyl adjacent to an activating group) is 1. The molecule has 15 heavy (non-hydrogen) atoms. The molecule has 1 N–H and O–H groups in total. The van der Waals surface area contributed by atoms with Crippen LogP contribution in [-0.4, -0.2) is 20.3 Å². The van der Waals surface area contributed by atoms with Gasteiger partial charge >= 0.3 is 0 Å². The lowest BCUT2D eigenvalue weighted by Crippen LogP contribution is -2.17. The zero-order valence-electron chi connectivity index (χ0n) is 9.25. The van der Waals surface area contributed by atoms with Crippen molar-refractivity contribution in [2.24, 2.45) is 0 Å². The van der Waals surface area contributed by atoms with E-state index < -0.39 is 0 Å². The van der Waals surface area contributed by atoms with Gasteiger partial charge in [0.05, 0.1) is 12.6 Å². The van der Waals surface area contributed by atoms with Crippen molar-refractivity contribution in [2.75, 3.05) is 20.3 Å². The molecule has 0 aromatic heterocycles. The largest absolute Gasteiger partial charge is 0.493 e. The summed E-state index contributed by atoms with van der Waals surface area (Å²) in [5.41, 5.74) is 1.22. The topological polar surface area (TPSA) is 30.5 Å². The first-order valence-electron chi connectivity index (χ1n) is 5.42. The van der Waals surface area contributed by atoms with E-state index in [9.17, 15) is 0 Å². The molecule has 1 unspecified atom stereocenters. The summed E-state index contributed by atoms with van der Waals surface area (Å²) in [5.74, 6) is 1.84. The summed E-state index contributed by atoms with van der Waals surface area (Å²) in [6.07, 6.45) is 1.02. The monoisotopic (exact) mass is 207 g/mol. The van der Waals surface area contributed by atoms with Crippen LogP contribution in [0.15, 0.2) is 18.2 Å². The Hall–Kier alpha value is -1.22. The van der Waals surface area contributed by atoms with Gasteiger partial charge in [-0.05, 0) is 25.6 Å². The van der Waals surface area contributed by atoms with E-state index in [4.69, 9.17) is 9.47 Å². The molecular formula is C12H17NO2. The Morgan fingerprint density at radius 2 is 2.40 bits per heavy atom. The van der Waals surface area contributed by atoms with E-state index >= 15 is 0 Å². The van der Waals surface area contributed by atoms with E-state index in [1.165, 1.54) is 5.56 Å². The Bertz CT molecular complexity index is 338. The van der Waals surface area contributed by atoms with Crippen molar-refractivity contribution in [1.29, 1.82) is 0 Å². The molecule has 0 saturated carbocycles. The average molecular weight is 207 g/mol. The van der Waals surface area contributed by atoms with Crippen molar-refractivity contribution in [3.63, 3.8) is 0 Å².